The fourth-order valence-corrected chi connectivity index (χ4v) is 5.50. The van der Waals surface area contributed by atoms with Gasteiger partial charge in [-0.15, -0.1) is 0 Å². The van der Waals surface area contributed by atoms with Gasteiger partial charge in [-0.2, -0.15) is 0 Å². The van der Waals surface area contributed by atoms with Crippen LogP contribution in [0.25, 0.3) is 22.3 Å². The molecule has 3 amide bonds. The predicted molar refractivity (Wildman–Crippen MR) is 162 cm³/mol. The molecule has 41 heavy (non-hydrogen) atoms. The monoisotopic (exact) mass is 560 g/mol. The van der Waals surface area contributed by atoms with Crippen LogP contribution >= 0.6 is 0 Å². The van der Waals surface area contributed by atoms with E-state index < -0.39 is 17.9 Å². The summed E-state index contributed by atoms with van der Waals surface area (Å²) in [6.45, 7) is 7.49. The van der Waals surface area contributed by atoms with E-state index in [1.54, 1.807) is 36.4 Å². The number of benzene rings is 2. The minimum atomic E-state index is -0.758. The van der Waals surface area contributed by atoms with Crippen molar-refractivity contribution in [3.63, 3.8) is 0 Å². The predicted octanol–water partition coefficient (Wildman–Crippen LogP) is 5.43. The molecule has 0 aliphatic heterocycles. The Morgan fingerprint density at radius 3 is 2.27 bits per heavy atom. The number of carbonyl (C=O) groups is 3. The van der Waals surface area contributed by atoms with E-state index in [9.17, 15) is 19.2 Å². The highest BCUT2D eigenvalue weighted by molar-refractivity contribution is 5.99. The van der Waals surface area contributed by atoms with E-state index in [0.29, 0.717) is 51.6 Å². The molecule has 4 rings (SSSR count). The SMILES string of the molecule is CC(=O)Nc1cc2c(=O)cc(-c3ccc(C(=O)N[C@@H](CC(C)C)C(N)=O)cc3)oc2cc1N[C@H](C)C1CCCCC1. The number of nitrogens with two attached hydrogens (primary N) is 1. The Balaban J connectivity index is 1.62. The lowest BCUT2D eigenvalue weighted by molar-refractivity contribution is -0.120. The summed E-state index contributed by atoms with van der Waals surface area (Å²) in [4.78, 5) is 49.6. The first kappa shape index (κ1) is 29.8. The smallest absolute Gasteiger partial charge is 0.251 e. The van der Waals surface area contributed by atoms with Crippen molar-refractivity contribution in [2.45, 2.75) is 78.3 Å². The molecule has 0 radical (unpaired) electrons. The van der Waals surface area contributed by atoms with Gasteiger partial charge in [0.25, 0.3) is 5.91 Å². The van der Waals surface area contributed by atoms with E-state index in [1.807, 2.05) is 13.8 Å². The summed E-state index contributed by atoms with van der Waals surface area (Å²) in [5.41, 5.74) is 7.80. The summed E-state index contributed by atoms with van der Waals surface area (Å²) in [6.07, 6.45) is 6.46. The van der Waals surface area contributed by atoms with Crippen LogP contribution in [0, 0.1) is 11.8 Å². The van der Waals surface area contributed by atoms with Gasteiger partial charge < -0.3 is 26.1 Å². The lowest BCUT2D eigenvalue weighted by Crippen LogP contribution is -2.45. The van der Waals surface area contributed by atoms with Crippen LogP contribution in [0.3, 0.4) is 0 Å². The third-order valence-electron chi connectivity index (χ3n) is 7.71. The number of hydrogen-bond donors (Lipinski definition) is 4. The van der Waals surface area contributed by atoms with Crippen molar-refractivity contribution in [2.75, 3.05) is 10.6 Å². The lowest BCUT2D eigenvalue weighted by atomic mass is 9.84. The average molecular weight is 561 g/mol. The van der Waals surface area contributed by atoms with Crippen molar-refractivity contribution in [3.8, 4) is 11.3 Å². The molecular formula is C32H40N4O5. The van der Waals surface area contributed by atoms with Crippen LogP contribution in [0.15, 0.2) is 51.7 Å². The van der Waals surface area contributed by atoms with Crippen LogP contribution in [0.5, 0.6) is 0 Å². The number of hydrogen-bond acceptors (Lipinski definition) is 6. The molecule has 0 unspecified atom stereocenters. The zero-order valence-corrected chi connectivity index (χ0v) is 24.2. The zero-order valence-electron chi connectivity index (χ0n) is 24.2. The molecule has 5 N–H and O–H groups in total. The molecule has 0 saturated heterocycles. The average Bonchev–Trinajstić information content (AvgIpc) is 2.93. The first-order valence-electron chi connectivity index (χ1n) is 14.4. The molecular weight excluding hydrogens is 520 g/mol. The van der Waals surface area contributed by atoms with E-state index >= 15 is 0 Å². The number of nitrogens with one attached hydrogen (secondary N) is 3. The summed E-state index contributed by atoms with van der Waals surface area (Å²) in [5.74, 6) is -0.148. The first-order chi connectivity index (χ1) is 19.5. The molecule has 2 aromatic carbocycles. The van der Waals surface area contributed by atoms with Crippen LogP contribution < -0.4 is 27.1 Å². The Hall–Kier alpha value is -4.14. The normalized spacial score (nSPS) is 15.3. The van der Waals surface area contributed by atoms with E-state index in [1.165, 1.54) is 32.3 Å². The van der Waals surface area contributed by atoms with Gasteiger partial charge >= 0.3 is 0 Å². The highest BCUT2D eigenvalue weighted by Gasteiger charge is 2.23. The lowest BCUT2D eigenvalue weighted by Gasteiger charge is -2.29. The third kappa shape index (κ3) is 7.54. The topological polar surface area (TPSA) is 144 Å². The fourth-order valence-electron chi connectivity index (χ4n) is 5.50. The maximum Gasteiger partial charge on any atom is 0.251 e. The second kappa shape index (κ2) is 13.0. The Morgan fingerprint density at radius 1 is 0.976 bits per heavy atom. The minimum absolute atomic E-state index is 0.184. The van der Waals surface area contributed by atoms with Crippen molar-refractivity contribution < 1.29 is 18.8 Å². The molecule has 1 fully saturated rings. The van der Waals surface area contributed by atoms with Gasteiger partial charge in [-0.05, 0) is 56.2 Å². The van der Waals surface area contributed by atoms with Gasteiger partial charge in [0.05, 0.1) is 16.8 Å². The van der Waals surface area contributed by atoms with E-state index in [4.69, 9.17) is 10.2 Å². The highest BCUT2D eigenvalue weighted by Crippen LogP contribution is 2.33. The van der Waals surface area contributed by atoms with E-state index in [-0.39, 0.29) is 23.3 Å². The number of fused-ring (bicyclic) bond motifs is 1. The van der Waals surface area contributed by atoms with E-state index in [2.05, 4.69) is 22.9 Å². The zero-order chi connectivity index (χ0) is 29.7. The van der Waals surface area contributed by atoms with Crippen LogP contribution in [0.2, 0.25) is 0 Å². The maximum absolute atomic E-state index is 13.1. The Bertz CT molecular complexity index is 1470. The molecule has 1 saturated carbocycles. The van der Waals surface area contributed by atoms with Gasteiger partial charge in [-0.25, -0.2) is 0 Å². The van der Waals surface area contributed by atoms with Crippen LogP contribution in [0.1, 0.15) is 76.6 Å². The van der Waals surface area contributed by atoms with Gasteiger partial charge in [0.2, 0.25) is 11.8 Å². The second-order valence-corrected chi connectivity index (χ2v) is 11.5. The standard InChI is InChI=1S/C32H40N4O5/c1-18(2)14-27(31(33)39)36-32(40)23-12-10-22(11-13-23)29-17-28(38)24-15-25(35-20(4)37)26(16-30(24)41-29)34-19(3)21-8-6-5-7-9-21/h10-13,15-19,21,27,34H,5-9,14H2,1-4H3,(H2,33,39)(H,35,37)(H,36,40)/t19-,27+/m1/s1. The van der Waals surface area contributed by atoms with Crippen molar-refractivity contribution >= 4 is 40.1 Å². The van der Waals surface area contributed by atoms with Gasteiger partial charge in [-0.1, -0.05) is 45.2 Å². The van der Waals surface area contributed by atoms with Crippen molar-refractivity contribution in [2.24, 2.45) is 17.6 Å². The van der Waals surface area contributed by atoms with E-state index in [0.717, 1.165) is 12.8 Å². The Kier molecular flexibility index (Phi) is 9.47. The molecule has 1 heterocycles. The summed E-state index contributed by atoms with van der Waals surface area (Å²) in [7, 11) is 0. The Labute approximate surface area is 240 Å². The van der Waals surface area contributed by atoms with Gasteiger partial charge in [-0.3, -0.25) is 19.2 Å². The largest absolute Gasteiger partial charge is 0.456 e. The van der Waals surface area contributed by atoms with Crippen molar-refractivity contribution in [1.29, 1.82) is 0 Å². The van der Waals surface area contributed by atoms with Gasteiger partial charge in [0.1, 0.15) is 17.4 Å². The molecule has 218 valence electrons. The molecule has 1 aliphatic carbocycles. The number of anilines is 2. The van der Waals surface area contributed by atoms with Crippen LogP contribution in [-0.4, -0.2) is 29.8 Å². The molecule has 1 aromatic heterocycles. The molecule has 9 nitrogen and oxygen atoms in total. The number of primary amides is 1. The molecule has 1 aliphatic rings. The number of carbonyl (C=O) groups excluding carboxylic acids is 3. The molecule has 0 bridgehead atoms. The molecule has 3 aromatic rings. The summed E-state index contributed by atoms with van der Waals surface area (Å²) < 4.78 is 6.18. The first-order valence-corrected chi connectivity index (χ1v) is 14.4. The summed E-state index contributed by atoms with van der Waals surface area (Å²) in [6, 6.07) is 10.9. The highest BCUT2D eigenvalue weighted by atomic mass is 16.3. The fraction of sp³-hybridized carbons (Fsp3) is 0.438. The van der Waals surface area contributed by atoms with Gasteiger partial charge in [0.15, 0.2) is 5.43 Å². The molecule has 2 atom stereocenters. The Morgan fingerprint density at radius 2 is 1.66 bits per heavy atom. The van der Waals surface area contributed by atoms with Crippen LogP contribution in [-0.2, 0) is 9.59 Å². The van der Waals surface area contributed by atoms with Crippen molar-refractivity contribution in [1.82, 2.24) is 5.32 Å². The van der Waals surface area contributed by atoms with Crippen molar-refractivity contribution in [3.05, 3.63) is 58.3 Å². The molecule has 9 heteroatoms. The van der Waals surface area contributed by atoms with Crippen LogP contribution in [0.4, 0.5) is 11.4 Å². The maximum atomic E-state index is 13.1. The second-order valence-electron chi connectivity index (χ2n) is 11.5. The minimum Gasteiger partial charge on any atom is -0.456 e. The quantitative estimate of drug-likeness (QED) is 0.260. The summed E-state index contributed by atoms with van der Waals surface area (Å²) in [5, 5.41) is 9.45. The molecule has 0 spiro atoms. The number of amides is 3. The number of rotatable bonds is 10. The third-order valence-corrected chi connectivity index (χ3v) is 7.71. The van der Waals surface area contributed by atoms with Gasteiger partial charge in [0, 0.05) is 36.2 Å². The summed E-state index contributed by atoms with van der Waals surface area (Å²) >= 11 is 0.